The van der Waals surface area contributed by atoms with E-state index in [2.05, 4.69) is 21.3 Å². The largest absolute Gasteiger partial charge is 0.505 e. The molecule has 0 aliphatic carbocycles. The maximum Gasteiger partial charge on any atom is 0.314 e. The fraction of sp³-hybridized carbons (Fsp3) is 0.0526. The van der Waals surface area contributed by atoms with Crippen LogP contribution in [0.5, 0.6) is 11.5 Å². The number of amides is 4. The number of phenols is 2. The number of hydrogen-bond donors (Lipinski definition) is 8. The lowest BCUT2D eigenvalue weighted by Gasteiger charge is -2.14. The zero-order valence-electron chi connectivity index (χ0n) is 29.1. The van der Waals surface area contributed by atoms with Gasteiger partial charge in [-0.2, -0.15) is 16.8 Å². The van der Waals surface area contributed by atoms with Crippen LogP contribution >= 0.6 is 0 Å². The van der Waals surface area contributed by atoms with Crippen LogP contribution in [0.2, 0.25) is 0 Å². The normalized spacial score (nSPS) is 11.6. The van der Waals surface area contributed by atoms with Crippen molar-refractivity contribution in [2.75, 3.05) is 21.3 Å². The van der Waals surface area contributed by atoms with Crippen molar-refractivity contribution in [2.24, 2.45) is 0 Å². The van der Waals surface area contributed by atoms with Crippen LogP contribution in [0.3, 0.4) is 0 Å². The van der Waals surface area contributed by atoms with E-state index in [1.165, 1.54) is 84.9 Å². The smallest absolute Gasteiger partial charge is 0.314 e. The number of carbonyl (C=O) groups is 4. The minimum absolute atomic E-state index is 0.0252. The predicted octanol–water partition coefficient (Wildman–Crippen LogP) is 5.60. The minimum atomic E-state index is -4.60. The third-order valence-corrected chi connectivity index (χ3v) is 10.5. The van der Waals surface area contributed by atoms with Gasteiger partial charge < -0.3 is 31.5 Å². The second-order valence-corrected chi connectivity index (χ2v) is 15.2. The Morgan fingerprint density at radius 3 is 1.21 bits per heavy atom. The van der Waals surface area contributed by atoms with E-state index in [-0.39, 0.29) is 55.4 Å². The van der Waals surface area contributed by atoms with Crippen LogP contribution in [0.15, 0.2) is 107 Å². The summed E-state index contributed by atoms with van der Waals surface area (Å²) in [6.45, 7) is 3.22. The Morgan fingerprint density at radius 2 is 0.857 bits per heavy atom. The summed E-state index contributed by atoms with van der Waals surface area (Å²) < 4.78 is 66.2. The molecule has 286 valence electrons. The highest BCUT2D eigenvalue weighted by Crippen LogP contribution is 2.37. The van der Waals surface area contributed by atoms with Crippen LogP contribution in [-0.2, 0) is 29.8 Å². The standard InChI is InChI=1S/C38H30N4O12S2/c1-19-9-11-21(17-27(19)35(45)41-29-15-13-23-25(33(29)43)5-3-7-31(23)55(49,50)51)39-37(47)38(48)40-22-12-10-20(2)28(18-22)36(46)42-30-16-14-24-26(34(30)44)6-4-8-32(24)56(52,53)54/h3-18,43-44H,1-2H3,(H,39,47)(H,40,48)(H,41,45)(H,42,46)(H,49,50,51)(H,52,53,54). The molecule has 0 fully saturated rings. The number of benzene rings is 6. The first kappa shape index (κ1) is 38.9. The number of carbonyl (C=O) groups excluding carboxylic acids is 4. The van der Waals surface area contributed by atoms with E-state index in [4.69, 9.17) is 0 Å². The molecule has 16 nitrogen and oxygen atoms in total. The van der Waals surface area contributed by atoms with Crippen LogP contribution in [0, 0.1) is 13.8 Å². The molecular formula is C38H30N4O12S2. The first-order valence-corrected chi connectivity index (χ1v) is 19.1. The second kappa shape index (κ2) is 14.8. The lowest BCUT2D eigenvalue weighted by atomic mass is 10.1. The molecule has 0 bridgehead atoms. The molecule has 0 aliphatic rings. The summed E-state index contributed by atoms with van der Waals surface area (Å²) in [6.07, 6.45) is 0. The number of aromatic hydroxyl groups is 2. The third-order valence-electron chi connectivity index (χ3n) is 8.72. The highest BCUT2D eigenvalue weighted by molar-refractivity contribution is 7.86. The van der Waals surface area contributed by atoms with Crippen molar-refractivity contribution >= 4 is 88.2 Å². The van der Waals surface area contributed by atoms with Crippen molar-refractivity contribution in [1.82, 2.24) is 0 Å². The van der Waals surface area contributed by atoms with Gasteiger partial charge in [0.2, 0.25) is 0 Å². The van der Waals surface area contributed by atoms with Crippen molar-refractivity contribution in [3.05, 3.63) is 119 Å². The highest BCUT2D eigenvalue weighted by Gasteiger charge is 2.22. The average molecular weight is 799 g/mol. The van der Waals surface area contributed by atoms with Crippen LogP contribution < -0.4 is 21.3 Å². The summed E-state index contributed by atoms with van der Waals surface area (Å²) >= 11 is 0. The molecule has 56 heavy (non-hydrogen) atoms. The lowest BCUT2D eigenvalue weighted by molar-refractivity contribution is -0.132. The van der Waals surface area contributed by atoms with Gasteiger partial charge in [-0.3, -0.25) is 28.3 Å². The van der Waals surface area contributed by atoms with Crippen molar-refractivity contribution in [1.29, 1.82) is 0 Å². The van der Waals surface area contributed by atoms with Gasteiger partial charge in [-0.15, -0.1) is 0 Å². The van der Waals surface area contributed by atoms with Crippen LogP contribution in [0.4, 0.5) is 22.7 Å². The summed E-state index contributed by atoms with van der Waals surface area (Å²) in [4.78, 5) is 51.6. The predicted molar refractivity (Wildman–Crippen MR) is 206 cm³/mol. The molecule has 4 amide bonds. The fourth-order valence-electron chi connectivity index (χ4n) is 5.92. The first-order valence-electron chi connectivity index (χ1n) is 16.2. The number of anilines is 4. The first-order chi connectivity index (χ1) is 26.3. The molecular weight excluding hydrogens is 769 g/mol. The van der Waals surface area contributed by atoms with Crippen LogP contribution in [-0.4, -0.2) is 59.8 Å². The quantitative estimate of drug-likeness (QED) is 0.0532. The summed E-state index contributed by atoms with van der Waals surface area (Å²) in [5.74, 6) is -4.60. The molecule has 6 aromatic carbocycles. The molecule has 18 heteroatoms. The molecule has 0 atom stereocenters. The van der Waals surface area contributed by atoms with Gasteiger partial charge in [0.15, 0.2) is 0 Å². The van der Waals surface area contributed by atoms with Crippen LogP contribution in [0.25, 0.3) is 21.5 Å². The summed E-state index contributed by atoms with van der Waals surface area (Å²) in [5, 5.41) is 31.6. The number of fused-ring (bicyclic) bond motifs is 2. The SMILES string of the molecule is Cc1ccc(NC(=O)C(=O)Nc2ccc(C)c(C(=O)Nc3ccc4c(S(=O)(=O)O)cccc4c3O)c2)cc1C(=O)Nc1ccc2c(S(=O)(=O)O)cccc2c1O. The van der Waals surface area contributed by atoms with Gasteiger partial charge in [0.25, 0.3) is 32.1 Å². The fourth-order valence-corrected chi connectivity index (χ4v) is 7.33. The Morgan fingerprint density at radius 1 is 0.482 bits per heavy atom. The number of rotatable bonds is 8. The van der Waals surface area contributed by atoms with E-state index in [1.807, 2.05) is 0 Å². The molecule has 6 aromatic rings. The molecule has 0 spiro atoms. The third kappa shape index (κ3) is 7.84. The zero-order chi connectivity index (χ0) is 40.7. The van der Waals surface area contributed by atoms with Gasteiger partial charge in [0.1, 0.15) is 21.3 Å². The highest BCUT2D eigenvalue weighted by atomic mass is 32.2. The second-order valence-electron chi connectivity index (χ2n) is 12.5. The zero-order valence-corrected chi connectivity index (χ0v) is 30.7. The molecule has 0 aliphatic heterocycles. The van der Waals surface area contributed by atoms with E-state index in [9.17, 15) is 55.3 Å². The topological polar surface area (TPSA) is 266 Å². The monoisotopic (exact) mass is 798 g/mol. The number of nitrogens with one attached hydrogen (secondary N) is 4. The summed E-state index contributed by atoms with van der Waals surface area (Å²) in [7, 11) is -9.21. The van der Waals surface area contributed by atoms with Crippen molar-refractivity contribution < 1.29 is 55.3 Å². The van der Waals surface area contributed by atoms with E-state index < -0.39 is 65.2 Å². The van der Waals surface area contributed by atoms with E-state index in [1.54, 1.807) is 13.8 Å². The van der Waals surface area contributed by atoms with E-state index >= 15 is 0 Å². The van der Waals surface area contributed by atoms with Crippen molar-refractivity contribution in [2.45, 2.75) is 23.6 Å². The maximum absolute atomic E-state index is 13.3. The minimum Gasteiger partial charge on any atom is -0.505 e. The molecule has 0 unspecified atom stereocenters. The van der Waals surface area contributed by atoms with Crippen molar-refractivity contribution in [3.8, 4) is 11.5 Å². The Hall–Kier alpha value is -6.86. The van der Waals surface area contributed by atoms with Gasteiger partial charge in [-0.05, 0) is 73.5 Å². The van der Waals surface area contributed by atoms with Gasteiger partial charge in [0, 0.05) is 44.0 Å². The average Bonchev–Trinajstić information content (AvgIpc) is 3.14. The molecule has 0 heterocycles. The molecule has 6 rings (SSSR count). The van der Waals surface area contributed by atoms with Gasteiger partial charge in [-0.1, -0.05) is 48.5 Å². The molecule has 0 saturated carbocycles. The number of phenolic OH excluding ortho intramolecular Hbond substituents is 2. The Labute approximate surface area is 318 Å². The Kier molecular flexibility index (Phi) is 10.2. The number of hydrogen-bond acceptors (Lipinski definition) is 10. The van der Waals surface area contributed by atoms with Gasteiger partial charge >= 0.3 is 11.8 Å². The Balaban J connectivity index is 1.14. The Bertz CT molecular complexity index is 2700. The summed E-state index contributed by atoms with van der Waals surface area (Å²) in [5.41, 5.74) is 1.01. The van der Waals surface area contributed by atoms with Gasteiger partial charge in [-0.25, -0.2) is 0 Å². The van der Waals surface area contributed by atoms with Gasteiger partial charge in [0.05, 0.1) is 11.4 Å². The molecule has 8 N–H and O–H groups in total. The van der Waals surface area contributed by atoms with E-state index in [0.29, 0.717) is 11.1 Å². The van der Waals surface area contributed by atoms with Crippen molar-refractivity contribution in [3.63, 3.8) is 0 Å². The van der Waals surface area contributed by atoms with E-state index in [0.717, 1.165) is 12.1 Å². The maximum atomic E-state index is 13.3. The molecule has 0 saturated heterocycles. The molecule has 0 radical (unpaired) electrons. The molecule has 0 aromatic heterocycles. The van der Waals surface area contributed by atoms with Crippen LogP contribution in [0.1, 0.15) is 31.8 Å². The summed E-state index contributed by atoms with van der Waals surface area (Å²) in [6, 6.07) is 21.4. The number of aryl methyl sites for hydroxylation is 2. The lowest BCUT2D eigenvalue weighted by Crippen LogP contribution is -2.29.